The third-order valence-corrected chi connectivity index (χ3v) is 7.10. The van der Waals surface area contributed by atoms with E-state index in [1.54, 1.807) is 0 Å². The van der Waals surface area contributed by atoms with Crippen molar-refractivity contribution in [3.05, 3.63) is 66.0 Å². The molecule has 0 bridgehead atoms. The van der Waals surface area contributed by atoms with E-state index in [1.165, 1.54) is 82.4 Å². The van der Waals surface area contributed by atoms with Gasteiger partial charge in [0.05, 0.1) is 0 Å². The van der Waals surface area contributed by atoms with Gasteiger partial charge in [-0.15, -0.1) is 0 Å². The van der Waals surface area contributed by atoms with E-state index in [4.69, 9.17) is 0 Å². The summed E-state index contributed by atoms with van der Waals surface area (Å²) in [5.74, 6) is 0. The molecule has 0 spiro atoms. The molecule has 2 aliphatic rings. The van der Waals surface area contributed by atoms with Crippen LogP contribution >= 0.6 is 0 Å². The summed E-state index contributed by atoms with van der Waals surface area (Å²) < 4.78 is 0. The van der Waals surface area contributed by atoms with E-state index in [1.807, 2.05) is 18.5 Å². The molecule has 0 aliphatic carbocycles. The van der Waals surface area contributed by atoms with Crippen LogP contribution in [-0.2, 0) is 13.0 Å². The van der Waals surface area contributed by atoms with Crippen LogP contribution in [0.2, 0.25) is 0 Å². The number of hydrogen-bond acceptors (Lipinski definition) is 4. The van der Waals surface area contributed by atoms with Crippen LogP contribution in [0.4, 0.5) is 0 Å². The zero-order valence-electron chi connectivity index (χ0n) is 18.6. The van der Waals surface area contributed by atoms with Crippen LogP contribution in [0, 0.1) is 0 Å². The van der Waals surface area contributed by atoms with Crippen LogP contribution in [0.15, 0.2) is 54.9 Å². The van der Waals surface area contributed by atoms with Crippen LogP contribution in [0.5, 0.6) is 0 Å². The minimum absolute atomic E-state index is 0.727. The fraction of sp³-hybridized carbons (Fsp3) is 0.577. The lowest BCUT2D eigenvalue weighted by atomic mass is 9.97. The van der Waals surface area contributed by atoms with E-state index in [-0.39, 0.29) is 0 Å². The smallest absolute Gasteiger partial charge is 0.0312 e. The minimum Gasteiger partial charge on any atom is -0.302 e. The second kappa shape index (κ2) is 11.0. The zero-order valence-corrected chi connectivity index (χ0v) is 18.6. The average Bonchev–Trinajstić information content (AvgIpc) is 2.81. The van der Waals surface area contributed by atoms with Gasteiger partial charge in [-0.3, -0.25) is 14.8 Å². The highest BCUT2D eigenvalue weighted by Gasteiger charge is 2.29. The largest absolute Gasteiger partial charge is 0.302 e. The number of likely N-dealkylation sites (N-methyl/N-ethyl adjacent to an activating group) is 1. The molecule has 1 atom stereocenters. The van der Waals surface area contributed by atoms with Gasteiger partial charge in [-0.05, 0) is 88.9 Å². The van der Waals surface area contributed by atoms with E-state index in [9.17, 15) is 0 Å². The Morgan fingerprint density at radius 1 is 0.900 bits per heavy atom. The number of hydrogen-bond donors (Lipinski definition) is 0. The number of nitrogens with zero attached hydrogens (tertiary/aromatic N) is 4. The Hall–Kier alpha value is -1.75. The molecule has 0 saturated carbocycles. The monoisotopic (exact) mass is 406 g/mol. The number of rotatable bonds is 8. The average molecular weight is 407 g/mol. The Kier molecular flexibility index (Phi) is 7.90. The molecule has 2 aliphatic heterocycles. The number of pyridine rings is 1. The highest BCUT2D eigenvalue weighted by Crippen LogP contribution is 2.23. The van der Waals surface area contributed by atoms with Crippen LogP contribution < -0.4 is 0 Å². The number of piperidine rings is 2. The van der Waals surface area contributed by atoms with Crippen LogP contribution in [0.3, 0.4) is 0 Å². The van der Waals surface area contributed by atoms with Gasteiger partial charge in [-0.25, -0.2) is 0 Å². The molecule has 0 radical (unpaired) electrons. The molecule has 30 heavy (non-hydrogen) atoms. The summed E-state index contributed by atoms with van der Waals surface area (Å²) in [5, 5.41) is 0. The highest BCUT2D eigenvalue weighted by molar-refractivity contribution is 5.14. The molecule has 4 rings (SSSR count). The topological polar surface area (TPSA) is 22.6 Å². The highest BCUT2D eigenvalue weighted by atomic mass is 15.2. The molecule has 0 N–H and O–H groups in total. The lowest BCUT2D eigenvalue weighted by Gasteiger charge is -2.44. The lowest BCUT2D eigenvalue weighted by Crippen LogP contribution is -2.52. The quantitative estimate of drug-likeness (QED) is 0.659. The van der Waals surface area contributed by atoms with Crippen molar-refractivity contribution >= 4 is 0 Å². The Balaban J connectivity index is 1.19. The van der Waals surface area contributed by atoms with Crippen molar-refractivity contribution in [1.29, 1.82) is 0 Å². The van der Waals surface area contributed by atoms with Crippen LogP contribution in [0.1, 0.15) is 43.2 Å². The van der Waals surface area contributed by atoms with Crippen LogP contribution in [0.25, 0.3) is 0 Å². The molecule has 3 heterocycles. The number of aromatic nitrogens is 1. The van der Waals surface area contributed by atoms with Gasteiger partial charge in [0.2, 0.25) is 0 Å². The Morgan fingerprint density at radius 2 is 1.70 bits per heavy atom. The van der Waals surface area contributed by atoms with Crippen molar-refractivity contribution in [3.63, 3.8) is 0 Å². The normalized spacial score (nSPS) is 21.9. The molecule has 0 unspecified atom stereocenters. The first-order valence-electron chi connectivity index (χ1n) is 11.9. The molecule has 4 nitrogen and oxygen atoms in total. The Morgan fingerprint density at radius 3 is 2.47 bits per heavy atom. The summed E-state index contributed by atoms with van der Waals surface area (Å²) in [5.41, 5.74) is 2.81. The first kappa shape index (κ1) is 21.5. The van der Waals surface area contributed by atoms with Gasteiger partial charge in [0.25, 0.3) is 0 Å². The Bertz CT molecular complexity index is 727. The fourth-order valence-corrected chi connectivity index (χ4v) is 5.25. The maximum atomic E-state index is 4.26. The second-order valence-electron chi connectivity index (χ2n) is 9.22. The number of benzene rings is 1. The second-order valence-corrected chi connectivity index (χ2v) is 9.22. The van der Waals surface area contributed by atoms with Gasteiger partial charge in [0.15, 0.2) is 0 Å². The van der Waals surface area contributed by atoms with Crippen molar-refractivity contribution in [2.75, 3.05) is 39.8 Å². The van der Waals surface area contributed by atoms with E-state index in [0.29, 0.717) is 0 Å². The van der Waals surface area contributed by atoms with E-state index >= 15 is 0 Å². The summed E-state index contributed by atoms with van der Waals surface area (Å²) >= 11 is 0. The summed E-state index contributed by atoms with van der Waals surface area (Å²) in [4.78, 5) is 12.3. The molecule has 162 valence electrons. The van der Waals surface area contributed by atoms with Gasteiger partial charge in [-0.2, -0.15) is 0 Å². The third kappa shape index (κ3) is 6.13. The van der Waals surface area contributed by atoms with Crippen LogP contribution in [-0.4, -0.2) is 71.5 Å². The molecular weight excluding hydrogens is 368 g/mol. The van der Waals surface area contributed by atoms with Gasteiger partial charge in [0, 0.05) is 37.6 Å². The van der Waals surface area contributed by atoms with Crippen molar-refractivity contribution in [1.82, 2.24) is 19.7 Å². The number of aryl methyl sites for hydroxylation is 1. The molecule has 0 amide bonds. The predicted molar refractivity (Wildman–Crippen MR) is 125 cm³/mol. The third-order valence-electron chi connectivity index (χ3n) is 7.10. The van der Waals surface area contributed by atoms with Crippen molar-refractivity contribution in [2.45, 2.75) is 57.2 Å². The zero-order chi connectivity index (χ0) is 20.6. The Labute approximate surface area is 182 Å². The van der Waals surface area contributed by atoms with Crippen molar-refractivity contribution < 1.29 is 0 Å². The maximum absolute atomic E-state index is 4.26. The minimum atomic E-state index is 0.727. The van der Waals surface area contributed by atoms with Gasteiger partial charge in [0.1, 0.15) is 0 Å². The van der Waals surface area contributed by atoms with E-state index in [0.717, 1.165) is 18.6 Å². The molecule has 1 aromatic heterocycles. The number of likely N-dealkylation sites (tertiary alicyclic amines) is 2. The molecule has 2 saturated heterocycles. The summed E-state index contributed by atoms with van der Waals surface area (Å²) in [7, 11) is 2.39. The first-order valence-corrected chi connectivity index (χ1v) is 11.9. The summed E-state index contributed by atoms with van der Waals surface area (Å²) in [6.45, 7) is 7.23. The van der Waals surface area contributed by atoms with Crippen molar-refractivity contribution in [3.8, 4) is 0 Å². The first-order chi connectivity index (χ1) is 14.8. The standard InChI is InChI=1S/C26H38N4/c1-28(25-13-18-30(19-14-25)21-24-10-5-15-27-20-24)26-12-7-17-29(22-26)16-6-11-23-8-3-2-4-9-23/h2-5,8-10,15,20,25-26H,6-7,11-14,16-19,21-22H2,1H3/t26-/m0/s1. The molecular formula is C26H38N4. The molecule has 2 aromatic rings. The SMILES string of the molecule is CN(C1CCN(Cc2cccnc2)CC1)[C@H]1CCCN(CCCc2ccccc2)C1. The van der Waals surface area contributed by atoms with E-state index in [2.05, 4.69) is 63.1 Å². The van der Waals surface area contributed by atoms with Gasteiger partial charge < -0.3 is 4.90 Å². The molecule has 1 aromatic carbocycles. The van der Waals surface area contributed by atoms with E-state index < -0.39 is 0 Å². The van der Waals surface area contributed by atoms with Gasteiger partial charge in [-0.1, -0.05) is 36.4 Å². The maximum Gasteiger partial charge on any atom is 0.0312 e. The van der Waals surface area contributed by atoms with Gasteiger partial charge >= 0.3 is 0 Å². The summed E-state index contributed by atoms with van der Waals surface area (Å²) in [6.07, 6.45) is 11.6. The summed E-state index contributed by atoms with van der Waals surface area (Å²) in [6, 6.07) is 16.6. The van der Waals surface area contributed by atoms with Crippen molar-refractivity contribution in [2.24, 2.45) is 0 Å². The predicted octanol–water partition coefficient (Wildman–Crippen LogP) is 4.08. The molecule has 2 fully saturated rings. The lowest BCUT2D eigenvalue weighted by molar-refractivity contribution is 0.0522. The fourth-order valence-electron chi connectivity index (χ4n) is 5.25. The molecule has 4 heteroatoms.